The molecular formula is C52H34N4. The van der Waals surface area contributed by atoms with E-state index in [0.717, 1.165) is 17.0 Å². The Morgan fingerprint density at radius 3 is 1.71 bits per heavy atom. The van der Waals surface area contributed by atoms with E-state index in [9.17, 15) is 0 Å². The molecule has 1 aliphatic heterocycles. The molecule has 2 aliphatic rings. The van der Waals surface area contributed by atoms with Gasteiger partial charge >= 0.3 is 0 Å². The first-order valence-electron chi connectivity index (χ1n) is 19.3. The number of rotatable bonds is 4. The molecule has 10 aromatic rings. The Morgan fingerprint density at radius 1 is 0.357 bits per heavy atom. The number of nitrogens with zero attached hydrogens (tertiary/aromatic N) is 4. The molecule has 0 amide bonds. The summed E-state index contributed by atoms with van der Waals surface area (Å²) in [6, 6.07) is 68.0. The summed E-state index contributed by atoms with van der Waals surface area (Å²) in [5.41, 5.74) is 16.4. The predicted molar refractivity (Wildman–Crippen MR) is 233 cm³/mol. The minimum absolute atomic E-state index is 0.0297. The average Bonchev–Trinajstić information content (AvgIpc) is 3.79. The van der Waals surface area contributed by atoms with Crippen molar-refractivity contribution < 1.29 is 0 Å². The van der Waals surface area contributed by atoms with Gasteiger partial charge in [-0.3, -0.25) is 9.98 Å². The van der Waals surface area contributed by atoms with E-state index >= 15 is 0 Å². The molecule has 2 aromatic heterocycles. The molecular weight excluding hydrogens is 681 g/mol. The molecule has 2 unspecified atom stereocenters. The van der Waals surface area contributed by atoms with Crippen molar-refractivity contribution in [2.24, 2.45) is 9.98 Å². The second kappa shape index (κ2) is 12.1. The van der Waals surface area contributed by atoms with Gasteiger partial charge in [-0.15, -0.1) is 0 Å². The van der Waals surface area contributed by atoms with E-state index in [1.54, 1.807) is 0 Å². The third-order valence-corrected chi connectivity index (χ3v) is 11.9. The van der Waals surface area contributed by atoms with Crippen molar-refractivity contribution in [2.45, 2.75) is 12.1 Å². The standard InChI is InChI=1S/C52H34N4/c1-2-14-36(15-3-1)55-48-24-11-9-20-41(48)45-30-33(26-28-49(45)55)34-25-27-42-40-19-8-10-23-47(40)56(50(42)31-34)37-16-12-13-35(29-37)46-32-53-51-43-21-6-4-17-38(43)39-18-5-7-22-44(39)52(51)54-46/h1-32,51-52H. The topological polar surface area (TPSA) is 34.6 Å². The normalized spacial score (nSPS) is 15.9. The molecule has 4 nitrogen and oxygen atoms in total. The van der Waals surface area contributed by atoms with Gasteiger partial charge in [0.25, 0.3) is 0 Å². The Balaban J connectivity index is 0.990. The summed E-state index contributed by atoms with van der Waals surface area (Å²) >= 11 is 0. The van der Waals surface area contributed by atoms with Crippen LogP contribution in [0, 0.1) is 0 Å². The van der Waals surface area contributed by atoms with Crippen LogP contribution in [0.4, 0.5) is 0 Å². The van der Waals surface area contributed by atoms with Crippen molar-refractivity contribution in [3.63, 3.8) is 0 Å². The van der Waals surface area contributed by atoms with E-state index in [2.05, 4.69) is 197 Å². The number of aromatic nitrogens is 2. The predicted octanol–water partition coefficient (Wildman–Crippen LogP) is 12.9. The van der Waals surface area contributed by atoms with Crippen LogP contribution in [0.1, 0.15) is 28.8 Å². The van der Waals surface area contributed by atoms with E-state index in [1.807, 2.05) is 6.21 Å². The quantitative estimate of drug-likeness (QED) is 0.174. The highest BCUT2D eigenvalue weighted by Crippen LogP contribution is 2.49. The van der Waals surface area contributed by atoms with Crippen molar-refractivity contribution in [1.29, 1.82) is 0 Å². The largest absolute Gasteiger partial charge is 0.309 e. The number of fused-ring (bicyclic) bond motifs is 12. The van der Waals surface area contributed by atoms with Gasteiger partial charge in [0.05, 0.1) is 27.8 Å². The Morgan fingerprint density at radius 2 is 0.929 bits per heavy atom. The molecule has 0 fully saturated rings. The van der Waals surface area contributed by atoms with Gasteiger partial charge in [-0.05, 0) is 88.0 Å². The number of benzene rings is 8. The van der Waals surface area contributed by atoms with E-state index in [0.29, 0.717) is 0 Å². The van der Waals surface area contributed by atoms with Gasteiger partial charge in [-0.1, -0.05) is 133 Å². The molecule has 2 atom stereocenters. The zero-order chi connectivity index (χ0) is 36.7. The molecule has 12 rings (SSSR count). The first-order valence-corrected chi connectivity index (χ1v) is 19.3. The lowest BCUT2D eigenvalue weighted by molar-refractivity contribution is 0.570. The summed E-state index contributed by atoms with van der Waals surface area (Å²) in [4.78, 5) is 10.6. The van der Waals surface area contributed by atoms with Crippen LogP contribution in [0.25, 0.3) is 77.2 Å². The lowest BCUT2D eigenvalue weighted by Gasteiger charge is -2.33. The lowest BCUT2D eigenvalue weighted by atomic mass is 9.79. The summed E-state index contributed by atoms with van der Waals surface area (Å²) in [7, 11) is 0. The van der Waals surface area contributed by atoms with Gasteiger partial charge in [0.2, 0.25) is 0 Å². The smallest absolute Gasteiger partial charge is 0.103 e. The maximum Gasteiger partial charge on any atom is 0.103 e. The van der Waals surface area contributed by atoms with E-state index in [4.69, 9.17) is 9.98 Å². The van der Waals surface area contributed by atoms with Crippen molar-refractivity contribution >= 4 is 55.5 Å². The zero-order valence-corrected chi connectivity index (χ0v) is 30.4. The number of hydrogen-bond donors (Lipinski definition) is 0. The fraction of sp³-hybridized carbons (Fsp3) is 0.0385. The highest BCUT2D eigenvalue weighted by molar-refractivity contribution is 6.38. The fourth-order valence-electron chi connectivity index (χ4n) is 9.37. The summed E-state index contributed by atoms with van der Waals surface area (Å²) in [5.74, 6) is 0. The van der Waals surface area contributed by atoms with Crippen molar-refractivity contribution in [3.05, 3.63) is 205 Å². The van der Waals surface area contributed by atoms with Crippen LogP contribution < -0.4 is 0 Å². The van der Waals surface area contributed by atoms with Crippen molar-refractivity contribution in [1.82, 2.24) is 9.13 Å². The number of aliphatic imine (C=N–C) groups is 2. The zero-order valence-electron chi connectivity index (χ0n) is 30.4. The minimum Gasteiger partial charge on any atom is -0.309 e. The molecule has 262 valence electrons. The molecule has 3 heterocycles. The maximum absolute atomic E-state index is 5.44. The van der Waals surface area contributed by atoms with Crippen molar-refractivity contribution in [2.75, 3.05) is 0 Å². The molecule has 0 saturated carbocycles. The van der Waals surface area contributed by atoms with Crippen LogP contribution >= 0.6 is 0 Å². The van der Waals surface area contributed by atoms with Gasteiger partial charge < -0.3 is 9.13 Å². The second-order valence-corrected chi connectivity index (χ2v) is 14.9. The second-order valence-electron chi connectivity index (χ2n) is 14.9. The van der Waals surface area contributed by atoms with E-state index in [-0.39, 0.29) is 12.1 Å². The van der Waals surface area contributed by atoms with Crippen LogP contribution in [0.15, 0.2) is 198 Å². The van der Waals surface area contributed by atoms with Gasteiger partial charge in [0.1, 0.15) is 12.1 Å². The first kappa shape index (κ1) is 31.1. The van der Waals surface area contributed by atoms with E-state index in [1.165, 1.54) is 82.7 Å². The van der Waals surface area contributed by atoms with Crippen molar-refractivity contribution in [3.8, 4) is 33.6 Å². The molecule has 4 heteroatoms. The van der Waals surface area contributed by atoms with Crippen LogP contribution in [-0.2, 0) is 0 Å². The molecule has 0 spiro atoms. The number of para-hydroxylation sites is 3. The molecule has 0 N–H and O–H groups in total. The third-order valence-electron chi connectivity index (χ3n) is 11.9. The molecule has 8 aromatic carbocycles. The molecule has 0 bridgehead atoms. The van der Waals surface area contributed by atoms with Crippen LogP contribution in [0.3, 0.4) is 0 Å². The Bertz CT molecular complexity index is 3270. The monoisotopic (exact) mass is 714 g/mol. The molecule has 1 aliphatic carbocycles. The Kier molecular flexibility index (Phi) is 6.72. The molecule has 0 radical (unpaired) electrons. The van der Waals surface area contributed by atoms with Gasteiger partial charge in [-0.25, -0.2) is 0 Å². The average molecular weight is 715 g/mol. The summed E-state index contributed by atoms with van der Waals surface area (Å²) in [6.45, 7) is 0. The minimum atomic E-state index is -0.0698. The fourth-order valence-corrected chi connectivity index (χ4v) is 9.37. The highest BCUT2D eigenvalue weighted by atomic mass is 15.0. The number of hydrogen-bond acceptors (Lipinski definition) is 2. The highest BCUT2D eigenvalue weighted by Gasteiger charge is 2.35. The summed E-state index contributed by atoms with van der Waals surface area (Å²) < 4.78 is 4.78. The summed E-state index contributed by atoms with van der Waals surface area (Å²) in [6.07, 6.45) is 1.99. The van der Waals surface area contributed by atoms with Gasteiger partial charge in [-0.2, -0.15) is 0 Å². The van der Waals surface area contributed by atoms with Gasteiger partial charge in [0, 0.05) is 44.7 Å². The van der Waals surface area contributed by atoms with E-state index < -0.39 is 0 Å². The molecule has 0 saturated heterocycles. The third kappa shape index (κ3) is 4.59. The van der Waals surface area contributed by atoms with Crippen LogP contribution in [0.5, 0.6) is 0 Å². The lowest BCUT2D eigenvalue weighted by Crippen LogP contribution is -2.22. The Labute approximate surface area is 324 Å². The van der Waals surface area contributed by atoms with Gasteiger partial charge in [0.15, 0.2) is 0 Å². The Hall–Kier alpha value is -7.30. The SMILES string of the molecule is C1=NC2c3ccccc3-c3ccccc3C2N=C1c1cccc(-n2c3ccccc3c3ccc(-c4ccc5c(c4)c4ccccc4n5-c4ccccc4)cc32)c1. The summed E-state index contributed by atoms with van der Waals surface area (Å²) in [5, 5.41) is 4.96. The maximum atomic E-state index is 5.44. The van der Waals surface area contributed by atoms with Crippen LogP contribution in [0.2, 0.25) is 0 Å². The molecule has 56 heavy (non-hydrogen) atoms. The first-order chi connectivity index (χ1) is 27.8. The van der Waals surface area contributed by atoms with Crippen LogP contribution in [-0.4, -0.2) is 21.1 Å².